The van der Waals surface area contributed by atoms with Crippen LogP contribution in [0, 0.1) is 57.2 Å². The molecule has 4 bridgehead atoms. The fraction of sp³-hybridized carbons (Fsp3) is 0.900. The number of aliphatic hydroxyl groups is 6. The first kappa shape index (κ1) is 33.7. The van der Waals surface area contributed by atoms with E-state index in [4.69, 9.17) is 0 Å². The van der Waals surface area contributed by atoms with E-state index in [-0.39, 0.29) is 22.7 Å². The third-order valence-electron chi connectivity index (χ3n) is 17.3. The van der Waals surface area contributed by atoms with Gasteiger partial charge in [-0.2, -0.15) is 0 Å². The maximum Gasteiger partial charge on any atom is 0.0789 e. The van der Waals surface area contributed by atoms with Gasteiger partial charge < -0.3 is 30.6 Å². The molecule has 6 heteroatoms. The van der Waals surface area contributed by atoms with Crippen molar-refractivity contribution in [2.45, 2.75) is 166 Å². The summed E-state index contributed by atoms with van der Waals surface area (Å²) in [6.45, 7) is 20.9. The van der Waals surface area contributed by atoms with E-state index in [1.807, 2.05) is 41.5 Å². The molecule has 0 amide bonds. The number of aliphatic hydroxyl groups excluding tert-OH is 2. The summed E-state index contributed by atoms with van der Waals surface area (Å²) in [5.41, 5.74) is -1.29. The van der Waals surface area contributed by atoms with Gasteiger partial charge in [0.05, 0.1) is 34.6 Å². The minimum Gasteiger partial charge on any atom is -0.392 e. The van der Waals surface area contributed by atoms with Crippen molar-refractivity contribution >= 4 is 0 Å². The number of hydrogen-bond acceptors (Lipinski definition) is 6. The molecule has 0 aromatic carbocycles. The van der Waals surface area contributed by atoms with Crippen molar-refractivity contribution in [2.75, 3.05) is 0 Å². The van der Waals surface area contributed by atoms with Crippen LogP contribution in [0.1, 0.15) is 131 Å². The van der Waals surface area contributed by atoms with Crippen LogP contribution >= 0.6 is 0 Å². The Morgan fingerprint density at radius 1 is 0.522 bits per heavy atom. The fourth-order valence-electron chi connectivity index (χ4n) is 14.0. The summed E-state index contributed by atoms with van der Waals surface area (Å²) < 4.78 is 0. The molecular formula is C40H64O6. The SMILES string of the molecule is C=C1[C@H]2C[C@@H](O)C(C)(C)[C@]2(O)CC[C@@]23C[C@@H](CC[C@@H]12)[C@](C)(O)C3.C=C1[C@H]2C[C@@H](O)C(C)(C)[C@]2(O)CC[C@@]23C[C@@H](CC[C@@H]12)[C@](C)(O)C3. The first-order valence-electron chi connectivity index (χ1n) is 18.7. The van der Waals surface area contributed by atoms with E-state index in [0.29, 0.717) is 36.5 Å². The highest BCUT2D eigenvalue weighted by Crippen LogP contribution is 2.70. The van der Waals surface area contributed by atoms with Crippen LogP contribution in [-0.4, -0.2) is 65.3 Å². The second-order valence-electron chi connectivity index (χ2n) is 19.9. The summed E-state index contributed by atoms with van der Waals surface area (Å²) in [5.74, 6) is 1.59. The first-order chi connectivity index (χ1) is 21.1. The lowest BCUT2D eigenvalue weighted by Gasteiger charge is -2.41. The van der Waals surface area contributed by atoms with Crippen LogP contribution in [0.5, 0.6) is 0 Å². The Kier molecular flexibility index (Phi) is 7.28. The zero-order valence-corrected chi connectivity index (χ0v) is 29.6. The first-order valence-corrected chi connectivity index (χ1v) is 18.7. The van der Waals surface area contributed by atoms with Crippen LogP contribution in [0.15, 0.2) is 24.3 Å². The molecule has 0 aliphatic heterocycles. The van der Waals surface area contributed by atoms with Gasteiger partial charge in [0.1, 0.15) is 0 Å². The molecule has 0 aromatic heterocycles. The smallest absolute Gasteiger partial charge is 0.0789 e. The summed E-state index contributed by atoms with van der Waals surface area (Å²) in [4.78, 5) is 0. The van der Waals surface area contributed by atoms with Gasteiger partial charge in [-0.15, -0.1) is 0 Å². The van der Waals surface area contributed by atoms with Gasteiger partial charge in [0, 0.05) is 22.7 Å². The lowest BCUT2D eigenvalue weighted by Crippen LogP contribution is -2.48. The Morgan fingerprint density at radius 2 is 0.870 bits per heavy atom. The molecule has 8 fully saturated rings. The van der Waals surface area contributed by atoms with Gasteiger partial charge in [-0.25, -0.2) is 0 Å². The van der Waals surface area contributed by atoms with Crippen molar-refractivity contribution in [3.8, 4) is 0 Å². The summed E-state index contributed by atoms with van der Waals surface area (Å²) in [6, 6.07) is 0. The van der Waals surface area contributed by atoms with E-state index >= 15 is 0 Å². The van der Waals surface area contributed by atoms with E-state index in [1.54, 1.807) is 0 Å². The van der Waals surface area contributed by atoms with Gasteiger partial charge >= 0.3 is 0 Å². The molecule has 2 spiro atoms. The van der Waals surface area contributed by atoms with Crippen LogP contribution in [-0.2, 0) is 0 Å². The Labute approximate surface area is 277 Å². The standard InChI is InChI=1S/2C20H32O3/c2*1-12-14-6-5-13-10-19(14,11-18(13,4)22)7-8-20(23)15(12)9-16(21)17(20,2)3/h2*13-16,21-23H,1,5-11H2,2-4H3/t2*13-,14+,15-,16-,18-,19+,20+/m11/s1. The average Bonchev–Trinajstić information content (AvgIpc) is 3.40. The normalized spacial score (nSPS) is 57.7. The zero-order chi connectivity index (χ0) is 33.7. The third-order valence-corrected chi connectivity index (χ3v) is 17.3. The molecule has 46 heavy (non-hydrogen) atoms. The molecule has 8 aliphatic carbocycles. The van der Waals surface area contributed by atoms with Crippen LogP contribution < -0.4 is 0 Å². The predicted molar refractivity (Wildman–Crippen MR) is 179 cm³/mol. The lowest BCUT2D eigenvalue weighted by molar-refractivity contribution is -0.102. The molecule has 8 rings (SSSR count). The molecule has 8 aliphatic rings. The molecule has 6 nitrogen and oxygen atoms in total. The highest BCUT2D eigenvalue weighted by Gasteiger charge is 2.68. The summed E-state index contributed by atoms with van der Waals surface area (Å²) in [6.07, 6.45) is 11.8. The summed E-state index contributed by atoms with van der Waals surface area (Å²) >= 11 is 0. The maximum absolute atomic E-state index is 11.6. The van der Waals surface area contributed by atoms with E-state index in [2.05, 4.69) is 13.2 Å². The fourth-order valence-corrected chi connectivity index (χ4v) is 14.0. The van der Waals surface area contributed by atoms with E-state index in [0.717, 1.165) is 88.2 Å². The van der Waals surface area contributed by atoms with Crippen molar-refractivity contribution in [1.29, 1.82) is 0 Å². The van der Waals surface area contributed by atoms with Gasteiger partial charge in [0.15, 0.2) is 0 Å². The monoisotopic (exact) mass is 640 g/mol. The van der Waals surface area contributed by atoms with Gasteiger partial charge in [-0.1, -0.05) is 52.0 Å². The van der Waals surface area contributed by atoms with E-state index in [1.165, 1.54) is 0 Å². The molecule has 8 saturated carbocycles. The molecule has 14 atom stereocenters. The molecule has 0 heterocycles. The van der Waals surface area contributed by atoms with Crippen molar-refractivity contribution < 1.29 is 30.6 Å². The molecule has 260 valence electrons. The molecule has 0 aromatic rings. The maximum atomic E-state index is 11.6. The highest BCUT2D eigenvalue weighted by molar-refractivity contribution is 5.30. The summed E-state index contributed by atoms with van der Waals surface area (Å²) in [5, 5.41) is 65.9. The predicted octanol–water partition coefficient (Wildman–Crippen LogP) is 6.06. The molecule has 6 N–H and O–H groups in total. The third kappa shape index (κ3) is 4.22. The van der Waals surface area contributed by atoms with Gasteiger partial charge in [-0.05, 0) is 138 Å². The Bertz CT molecular complexity index is 1200. The van der Waals surface area contributed by atoms with Crippen molar-refractivity contribution in [3.05, 3.63) is 24.3 Å². The number of fused-ring (bicyclic) bond motifs is 4. The van der Waals surface area contributed by atoms with E-state index < -0.39 is 45.4 Å². The Balaban J connectivity index is 0.000000147. The van der Waals surface area contributed by atoms with Gasteiger partial charge in [-0.3, -0.25) is 0 Å². The minimum atomic E-state index is -0.862. The lowest BCUT2D eigenvalue weighted by atomic mass is 9.63. The molecule has 0 unspecified atom stereocenters. The second kappa shape index (κ2) is 9.94. The largest absolute Gasteiger partial charge is 0.392 e. The highest BCUT2D eigenvalue weighted by atomic mass is 16.3. The zero-order valence-electron chi connectivity index (χ0n) is 29.6. The topological polar surface area (TPSA) is 121 Å². The van der Waals surface area contributed by atoms with Gasteiger partial charge in [0.2, 0.25) is 0 Å². The van der Waals surface area contributed by atoms with Crippen LogP contribution in [0.3, 0.4) is 0 Å². The van der Waals surface area contributed by atoms with Crippen LogP contribution in [0.4, 0.5) is 0 Å². The minimum absolute atomic E-state index is 0.000950. The summed E-state index contributed by atoms with van der Waals surface area (Å²) in [7, 11) is 0. The Morgan fingerprint density at radius 3 is 1.22 bits per heavy atom. The molecular weight excluding hydrogens is 576 g/mol. The van der Waals surface area contributed by atoms with Crippen LogP contribution in [0.25, 0.3) is 0 Å². The second-order valence-corrected chi connectivity index (χ2v) is 19.9. The van der Waals surface area contributed by atoms with E-state index in [9.17, 15) is 30.6 Å². The number of rotatable bonds is 0. The van der Waals surface area contributed by atoms with Gasteiger partial charge in [0.25, 0.3) is 0 Å². The quantitative estimate of drug-likeness (QED) is 0.179. The van der Waals surface area contributed by atoms with Crippen LogP contribution in [0.2, 0.25) is 0 Å². The Hall–Kier alpha value is -0.760. The average molecular weight is 641 g/mol. The van der Waals surface area contributed by atoms with Crippen molar-refractivity contribution in [3.63, 3.8) is 0 Å². The van der Waals surface area contributed by atoms with Crippen molar-refractivity contribution in [2.24, 2.45) is 57.2 Å². The van der Waals surface area contributed by atoms with Crippen molar-refractivity contribution in [1.82, 2.24) is 0 Å². The molecule has 0 radical (unpaired) electrons. The number of hydrogen-bond donors (Lipinski definition) is 6. The molecule has 0 saturated heterocycles.